The number of esters is 1. The lowest BCUT2D eigenvalue weighted by molar-refractivity contribution is -0.114. The average Bonchev–Trinajstić information content (AvgIpc) is 2.59. The van der Waals surface area contributed by atoms with Gasteiger partial charge >= 0.3 is 5.97 Å². The summed E-state index contributed by atoms with van der Waals surface area (Å²) in [5.41, 5.74) is 0.995. The van der Waals surface area contributed by atoms with Crippen LogP contribution in [0.5, 0.6) is 0 Å². The van der Waals surface area contributed by atoms with E-state index < -0.39 is 24.2 Å². The molecule has 0 aliphatic rings. The van der Waals surface area contributed by atoms with E-state index >= 15 is 0 Å². The minimum Gasteiger partial charge on any atom is -0.454 e. The molecule has 7 heteroatoms. The van der Waals surface area contributed by atoms with Gasteiger partial charge < -0.3 is 10.1 Å². The Labute approximate surface area is 148 Å². The Morgan fingerprint density at radius 3 is 2.32 bits per heavy atom. The summed E-state index contributed by atoms with van der Waals surface area (Å²) in [5, 5.41) is 2.66. The van der Waals surface area contributed by atoms with Gasteiger partial charge in [-0.2, -0.15) is 0 Å². The normalized spacial score (nSPS) is 10.2. The van der Waals surface area contributed by atoms with Gasteiger partial charge in [-0.05, 0) is 42.7 Å². The number of amides is 1. The van der Waals surface area contributed by atoms with Crippen molar-refractivity contribution in [3.8, 4) is 0 Å². The van der Waals surface area contributed by atoms with Crippen molar-refractivity contribution in [3.05, 3.63) is 59.4 Å². The predicted octanol–water partition coefficient (Wildman–Crippen LogP) is 3.55. The molecule has 1 N–H and O–H groups in total. The third-order valence-corrected chi connectivity index (χ3v) is 4.04. The van der Waals surface area contributed by atoms with Crippen LogP contribution in [0.4, 0.5) is 10.1 Å². The van der Waals surface area contributed by atoms with Crippen molar-refractivity contribution in [2.24, 2.45) is 0 Å². The molecule has 2 aromatic carbocycles. The zero-order valence-electron chi connectivity index (χ0n) is 13.7. The number of carbonyl (C=O) groups is 3. The van der Waals surface area contributed by atoms with Crippen molar-refractivity contribution in [1.82, 2.24) is 0 Å². The number of ether oxygens (including phenoxy) is 1. The van der Waals surface area contributed by atoms with Gasteiger partial charge in [-0.3, -0.25) is 9.59 Å². The Morgan fingerprint density at radius 1 is 1.08 bits per heavy atom. The van der Waals surface area contributed by atoms with Crippen LogP contribution < -0.4 is 5.32 Å². The molecule has 25 heavy (non-hydrogen) atoms. The fraction of sp³-hybridized carbons (Fsp3) is 0.167. The van der Waals surface area contributed by atoms with Gasteiger partial charge in [0.15, 0.2) is 12.4 Å². The highest BCUT2D eigenvalue weighted by atomic mass is 32.2. The van der Waals surface area contributed by atoms with E-state index in [1.165, 1.54) is 30.8 Å². The second-order valence-electron chi connectivity index (χ2n) is 5.10. The molecule has 5 nitrogen and oxygen atoms in total. The molecule has 0 saturated heterocycles. The highest BCUT2D eigenvalue weighted by molar-refractivity contribution is 7.98. The number of thioether (sulfide) groups is 1. The molecule has 0 bridgehead atoms. The summed E-state index contributed by atoms with van der Waals surface area (Å²) in [6.07, 6.45) is 1.85. The van der Waals surface area contributed by atoms with E-state index in [0.717, 1.165) is 17.0 Å². The van der Waals surface area contributed by atoms with Crippen molar-refractivity contribution in [2.45, 2.75) is 11.8 Å². The monoisotopic (exact) mass is 361 g/mol. The van der Waals surface area contributed by atoms with Crippen LogP contribution >= 0.6 is 11.8 Å². The van der Waals surface area contributed by atoms with Gasteiger partial charge in [0.05, 0.1) is 11.3 Å². The van der Waals surface area contributed by atoms with Crippen LogP contribution in [-0.4, -0.2) is 30.5 Å². The highest BCUT2D eigenvalue weighted by Gasteiger charge is 2.14. The maximum Gasteiger partial charge on any atom is 0.338 e. The average molecular weight is 361 g/mol. The first kappa shape index (κ1) is 18.7. The summed E-state index contributed by atoms with van der Waals surface area (Å²) in [6.45, 7) is 0.928. The van der Waals surface area contributed by atoms with Crippen LogP contribution in [0.2, 0.25) is 0 Å². The standard InChI is InChI=1S/C18H16FNO4S/c1-11(21)20-15-9-13(5-8-17(15)25-2)16(22)10-24-18(23)12-3-6-14(19)7-4-12/h3-9H,10H2,1-2H3,(H,20,21). The second-order valence-corrected chi connectivity index (χ2v) is 5.95. The fourth-order valence-electron chi connectivity index (χ4n) is 2.05. The van der Waals surface area contributed by atoms with E-state index in [9.17, 15) is 18.8 Å². The van der Waals surface area contributed by atoms with E-state index in [1.54, 1.807) is 18.2 Å². The Balaban J connectivity index is 2.06. The summed E-state index contributed by atoms with van der Waals surface area (Å²) >= 11 is 1.43. The van der Waals surface area contributed by atoms with Crippen LogP contribution in [0.25, 0.3) is 0 Å². The number of carbonyl (C=O) groups excluding carboxylic acids is 3. The molecule has 2 aromatic rings. The number of anilines is 1. The predicted molar refractivity (Wildman–Crippen MR) is 93.5 cm³/mol. The van der Waals surface area contributed by atoms with E-state index in [2.05, 4.69) is 5.32 Å². The molecular formula is C18H16FNO4S. The summed E-state index contributed by atoms with van der Waals surface area (Å²) in [5.74, 6) is -1.83. The molecule has 0 aromatic heterocycles. The molecule has 0 aliphatic heterocycles. The number of halogens is 1. The lowest BCUT2D eigenvalue weighted by Gasteiger charge is -2.10. The number of nitrogens with one attached hydrogen (secondary N) is 1. The summed E-state index contributed by atoms with van der Waals surface area (Å²) in [7, 11) is 0. The van der Waals surface area contributed by atoms with Gasteiger partial charge in [0.1, 0.15) is 5.82 Å². The Morgan fingerprint density at radius 2 is 1.72 bits per heavy atom. The molecule has 0 radical (unpaired) electrons. The van der Waals surface area contributed by atoms with Crippen molar-refractivity contribution in [3.63, 3.8) is 0 Å². The minimum atomic E-state index is -0.712. The highest BCUT2D eigenvalue weighted by Crippen LogP contribution is 2.26. The Kier molecular flexibility index (Phi) is 6.30. The topological polar surface area (TPSA) is 72.5 Å². The van der Waals surface area contributed by atoms with Crippen molar-refractivity contribution >= 4 is 35.1 Å². The van der Waals surface area contributed by atoms with Gasteiger partial charge in [0, 0.05) is 17.4 Å². The first-order valence-corrected chi connectivity index (χ1v) is 8.54. The number of Topliss-reactive ketones (excluding diaryl/α,β-unsaturated/α-hetero) is 1. The molecule has 0 fully saturated rings. The Hall–Kier alpha value is -2.67. The minimum absolute atomic E-state index is 0.158. The van der Waals surface area contributed by atoms with E-state index in [-0.39, 0.29) is 11.5 Å². The Bertz CT molecular complexity index is 805. The molecule has 0 heterocycles. The van der Waals surface area contributed by atoms with Gasteiger partial charge in [0.25, 0.3) is 0 Å². The van der Waals surface area contributed by atoms with Gasteiger partial charge in [0.2, 0.25) is 5.91 Å². The van der Waals surface area contributed by atoms with Gasteiger partial charge in [-0.15, -0.1) is 11.8 Å². The smallest absolute Gasteiger partial charge is 0.338 e. The first-order chi connectivity index (χ1) is 11.9. The van der Waals surface area contributed by atoms with Crippen LogP contribution in [0.3, 0.4) is 0 Å². The lowest BCUT2D eigenvalue weighted by atomic mass is 10.1. The van der Waals surface area contributed by atoms with E-state index in [4.69, 9.17) is 4.74 Å². The molecule has 0 atom stereocenters. The fourth-order valence-corrected chi connectivity index (χ4v) is 2.59. The molecule has 1 amide bonds. The summed E-state index contributed by atoms with van der Waals surface area (Å²) in [4.78, 5) is 36.1. The number of hydrogen-bond acceptors (Lipinski definition) is 5. The van der Waals surface area contributed by atoms with Gasteiger partial charge in [-0.25, -0.2) is 9.18 Å². The quantitative estimate of drug-likeness (QED) is 0.484. The van der Waals surface area contributed by atoms with Crippen LogP contribution in [0, 0.1) is 5.82 Å². The summed E-state index contributed by atoms with van der Waals surface area (Å²) in [6, 6.07) is 9.70. The number of rotatable bonds is 6. The van der Waals surface area contributed by atoms with Crippen molar-refractivity contribution < 1.29 is 23.5 Å². The van der Waals surface area contributed by atoms with Crippen LogP contribution in [0.1, 0.15) is 27.6 Å². The molecule has 0 aliphatic carbocycles. The van der Waals surface area contributed by atoms with Crippen molar-refractivity contribution in [1.29, 1.82) is 0 Å². The zero-order valence-corrected chi connectivity index (χ0v) is 14.5. The molecule has 130 valence electrons. The van der Waals surface area contributed by atoms with E-state index in [1.807, 2.05) is 6.26 Å². The molecule has 0 saturated carbocycles. The third kappa shape index (κ3) is 5.15. The number of hydrogen-bond donors (Lipinski definition) is 1. The lowest BCUT2D eigenvalue weighted by Crippen LogP contribution is -2.15. The van der Waals surface area contributed by atoms with Crippen LogP contribution in [-0.2, 0) is 9.53 Å². The molecule has 0 spiro atoms. The number of benzene rings is 2. The molecule has 2 rings (SSSR count). The molecular weight excluding hydrogens is 345 g/mol. The zero-order chi connectivity index (χ0) is 18.4. The van der Waals surface area contributed by atoms with E-state index in [0.29, 0.717) is 11.3 Å². The van der Waals surface area contributed by atoms with Gasteiger partial charge in [-0.1, -0.05) is 6.07 Å². The largest absolute Gasteiger partial charge is 0.454 e. The summed E-state index contributed by atoms with van der Waals surface area (Å²) < 4.78 is 17.8. The number of ketones is 1. The maximum atomic E-state index is 12.8. The first-order valence-electron chi connectivity index (χ1n) is 7.32. The SMILES string of the molecule is CSc1ccc(C(=O)COC(=O)c2ccc(F)cc2)cc1NC(C)=O. The van der Waals surface area contributed by atoms with Crippen molar-refractivity contribution in [2.75, 3.05) is 18.2 Å². The molecule has 0 unspecified atom stereocenters. The second kappa shape index (κ2) is 8.43. The maximum absolute atomic E-state index is 12.8. The third-order valence-electron chi connectivity index (χ3n) is 3.25. The van der Waals surface area contributed by atoms with Crippen LogP contribution in [0.15, 0.2) is 47.4 Å².